The van der Waals surface area contributed by atoms with E-state index < -0.39 is 5.97 Å². The van der Waals surface area contributed by atoms with Gasteiger partial charge in [-0.25, -0.2) is 14.8 Å². The molecule has 5 aromatic rings. The van der Waals surface area contributed by atoms with Crippen LogP contribution in [0.2, 0.25) is 0 Å². The smallest absolute Gasteiger partial charge is 0.337 e. The lowest BCUT2D eigenvalue weighted by Gasteiger charge is -2.23. The number of carbonyl (C=O) groups excluding carboxylic acids is 1. The highest BCUT2D eigenvalue weighted by molar-refractivity contribution is 5.92. The summed E-state index contributed by atoms with van der Waals surface area (Å²) in [6.07, 6.45) is 3.53. The number of hydrogen-bond donors (Lipinski definition) is 1. The lowest BCUT2D eigenvalue weighted by molar-refractivity contribution is 0.0601. The van der Waals surface area contributed by atoms with E-state index in [0.717, 1.165) is 27.9 Å². The van der Waals surface area contributed by atoms with Crippen molar-refractivity contribution in [3.05, 3.63) is 84.7 Å². The summed E-state index contributed by atoms with van der Waals surface area (Å²) < 4.78 is 11.2. The van der Waals surface area contributed by atoms with E-state index in [4.69, 9.17) is 19.1 Å². The van der Waals surface area contributed by atoms with Gasteiger partial charge < -0.3 is 14.5 Å². The Labute approximate surface area is 209 Å². The summed E-state index contributed by atoms with van der Waals surface area (Å²) in [4.78, 5) is 26.1. The summed E-state index contributed by atoms with van der Waals surface area (Å²) >= 11 is 0. The molecule has 0 fully saturated rings. The molecule has 36 heavy (non-hydrogen) atoms. The molecule has 5 rings (SSSR count). The number of benzene rings is 2. The number of para-hydroxylation sites is 1. The molecule has 1 N–H and O–H groups in total. The van der Waals surface area contributed by atoms with E-state index >= 15 is 0 Å². The third-order valence-electron chi connectivity index (χ3n) is 5.58. The van der Waals surface area contributed by atoms with Gasteiger partial charge in [-0.1, -0.05) is 24.3 Å². The van der Waals surface area contributed by atoms with Gasteiger partial charge in [0.2, 0.25) is 5.89 Å². The van der Waals surface area contributed by atoms with Crippen LogP contribution in [0.25, 0.3) is 44.9 Å². The van der Waals surface area contributed by atoms with Crippen LogP contribution in [0.4, 0.5) is 5.82 Å². The molecule has 7 heteroatoms. The minimum Gasteiger partial charge on any atom is -0.465 e. The van der Waals surface area contributed by atoms with E-state index in [1.165, 1.54) is 7.11 Å². The molecule has 0 aliphatic rings. The van der Waals surface area contributed by atoms with Crippen LogP contribution in [-0.4, -0.2) is 33.6 Å². The number of nitrogens with one attached hydrogen (secondary N) is 1. The lowest BCUT2D eigenvalue weighted by Crippen LogP contribution is -2.27. The number of ether oxygens (including phenoxy) is 1. The molecule has 0 saturated carbocycles. The molecule has 3 aromatic heterocycles. The monoisotopic (exact) mass is 478 g/mol. The van der Waals surface area contributed by atoms with Crippen molar-refractivity contribution in [3.8, 4) is 33.8 Å². The third kappa shape index (κ3) is 4.68. The number of oxazole rings is 1. The molecule has 0 atom stereocenters. The second-order valence-corrected chi connectivity index (χ2v) is 9.46. The normalized spacial score (nSPS) is 11.4. The van der Waals surface area contributed by atoms with Crippen LogP contribution >= 0.6 is 0 Å². The molecule has 7 nitrogen and oxygen atoms in total. The maximum Gasteiger partial charge on any atom is 0.337 e. The number of hydrogen-bond acceptors (Lipinski definition) is 7. The number of methoxy groups -OCH3 is 1. The molecule has 3 heterocycles. The zero-order valence-corrected chi connectivity index (χ0v) is 20.6. The molecule has 180 valence electrons. The molecule has 0 unspecified atom stereocenters. The van der Waals surface area contributed by atoms with Crippen molar-refractivity contribution in [1.82, 2.24) is 15.0 Å². The largest absolute Gasteiger partial charge is 0.465 e. The van der Waals surface area contributed by atoms with Gasteiger partial charge in [0.05, 0.1) is 23.9 Å². The number of aromatic nitrogens is 3. The van der Waals surface area contributed by atoms with Crippen LogP contribution in [0.15, 0.2) is 83.5 Å². The molecular weight excluding hydrogens is 452 g/mol. The number of carbonyl (C=O) groups is 1. The number of pyridine rings is 2. The molecule has 0 amide bonds. The van der Waals surface area contributed by atoms with Crippen LogP contribution < -0.4 is 5.32 Å². The summed E-state index contributed by atoms with van der Waals surface area (Å²) in [5.41, 5.74) is 5.67. The molecule has 0 bridgehead atoms. The maximum atomic E-state index is 12.1. The molecule has 0 aliphatic heterocycles. The first-order valence-corrected chi connectivity index (χ1v) is 11.6. The number of anilines is 1. The molecule has 2 aromatic carbocycles. The van der Waals surface area contributed by atoms with Crippen molar-refractivity contribution in [3.63, 3.8) is 0 Å². The highest BCUT2D eigenvalue weighted by atomic mass is 16.5. The van der Waals surface area contributed by atoms with E-state index in [-0.39, 0.29) is 5.54 Å². The third-order valence-corrected chi connectivity index (χ3v) is 5.58. The second kappa shape index (κ2) is 9.26. The van der Waals surface area contributed by atoms with Crippen LogP contribution in [0.3, 0.4) is 0 Å². The lowest BCUT2D eigenvalue weighted by atomic mass is 10.0. The minimum atomic E-state index is -0.392. The van der Waals surface area contributed by atoms with Gasteiger partial charge >= 0.3 is 5.97 Å². The van der Waals surface area contributed by atoms with Crippen molar-refractivity contribution in [2.75, 3.05) is 12.4 Å². The number of rotatable bonds is 5. The molecular formula is C29H26N4O3. The topological polar surface area (TPSA) is 90.1 Å². The summed E-state index contributed by atoms with van der Waals surface area (Å²) in [6.45, 7) is 6.20. The van der Waals surface area contributed by atoms with E-state index in [1.807, 2.05) is 54.6 Å². The summed E-state index contributed by atoms with van der Waals surface area (Å²) in [5, 5.41) is 3.46. The van der Waals surface area contributed by atoms with Crippen LogP contribution in [0.5, 0.6) is 0 Å². The van der Waals surface area contributed by atoms with E-state index in [9.17, 15) is 4.79 Å². The molecule has 0 spiro atoms. The van der Waals surface area contributed by atoms with Gasteiger partial charge in [-0.15, -0.1) is 0 Å². The predicted molar refractivity (Wildman–Crippen MR) is 141 cm³/mol. The number of nitrogens with zero attached hydrogens (tertiary/aromatic N) is 3. The fourth-order valence-corrected chi connectivity index (χ4v) is 3.97. The zero-order valence-electron chi connectivity index (χ0n) is 20.6. The van der Waals surface area contributed by atoms with Gasteiger partial charge in [0.15, 0.2) is 5.58 Å². The SMILES string of the molecule is COC(=O)c1cccc(-c2cnc(NC(C)(C)C)c(-c3nc4cccc(-c5ccccn5)c4o3)c2)c1. The molecule has 0 radical (unpaired) electrons. The van der Waals surface area contributed by atoms with E-state index in [0.29, 0.717) is 28.4 Å². The Hall–Kier alpha value is -4.52. The molecule has 0 aliphatic carbocycles. The van der Waals surface area contributed by atoms with Crippen LogP contribution in [0, 0.1) is 0 Å². The second-order valence-electron chi connectivity index (χ2n) is 9.46. The molecule has 0 saturated heterocycles. The van der Waals surface area contributed by atoms with Crippen molar-refractivity contribution >= 4 is 22.9 Å². The Morgan fingerprint density at radius 3 is 2.50 bits per heavy atom. The van der Waals surface area contributed by atoms with Gasteiger partial charge in [-0.05, 0) is 68.8 Å². The van der Waals surface area contributed by atoms with Crippen molar-refractivity contribution < 1.29 is 13.9 Å². The zero-order chi connectivity index (χ0) is 25.3. The average Bonchev–Trinajstić information content (AvgIpc) is 3.32. The fourth-order valence-electron chi connectivity index (χ4n) is 3.97. The summed E-state index contributed by atoms with van der Waals surface area (Å²) in [7, 11) is 1.37. The van der Waals surface area contributed by atoms with Gasteiger partial charge in [0.1, 0.15) is 11.3 Å². The fraction of sp³-hybridized carbons (Fsp3) is 0.172. The van der Waals surface area contributed by atoms with Crippen LogP contribution in [0.1, 0.15) is 31.1 Å². The summed E-state index contributed by atoms with van der Waals surface area (Å²) in [5.74, 6) is 0.706. The van der Waals surface area contributed by atoms with Crippen LogP contribution in [-0.2, 0) is 4.74 Å². The maximum absolute atomic E-state index is 12.1. The van der Waals surface area contributed by atoms with E-state index in [2.05, 4.69) is 31.1 Å². The Balaban J connectivity index is 1.66. The first-order chi connectivity index (χ1) is 17.3. The first kappa shape index (κ1) is 23.2. The van der Waals surface area contributed by atoms with Crippen molar-refractivity contribution in [2.24, 2.45) is 0 Å². The summed E-state index contributed by atoms with van der Waals surface area (Å²) in [6, 6.07) is 20.8. The number of fused-ring (bicyclic) bond motifs is 1. The first-order valence-electron chi connectivity index (χ1n) is 11.6. The highest BCUT2D eigenvalue weighted by Crippen LogP contribution is 2.36. The minimum absolute atomic E-state index is 0.237. The van der Waals surface area contributed by atoms with Gasteiger partial charge in [0, 0.05) is 29.1 Å². The highest BCUT2D eigenvalue weighted by Gasteiger charge is 2.21. The van der Waals surface area contributed by atoms with Gasteiger partial charge in [-0.2, -0.15) is 0 Å². The predicted octanol–water partition coefficient (Wildman–Crippen LogP) is 6.62. The number of esters is 1. The van der Waals surface area contributed by atoms with E-state index in [1.54, 1.807) is 24.5 Å². The Bertz CT molecular complexity index is 1550. The van der Waals surface area contributed by atoms with Gasteiger partial charge in [0.25, 0.3) is 0 Å². The average molecular weight is 479 g/mol. The Morgan fingerprint density at radius 1 is 0.917 bits per heavy atom. The Morgan fingerprint density at radius 2 is 1.75 bits per heavy atom. The van der Waals surface area contributed by atoms with Crippen molar-refractivity contribution in [1.29, 1.82) is 0 Å². The van der Waals surface area contributed by atoms with Gasteiger partial charge in [-0.3, -0.25) is 4.98 Å². The standard InChI is InChI=1S/C29H26N4O3/c1-29(2,3)33-26-22(16-20(17-31-26)18-9-7-10-19(15-18)28(34)35-4)27-32-24-13-8-11-21(25(24)36-27)23-12-5-6-14-30-23/h5-17H,1-4H3,(H,31,33). The Kier molecular flexibility index (Phi) is 5.98. The van der Waals surface area contributed by atoms with Crippen molar-refractivity contribution in [2.45, 2.75) is 26.3 Å². The quantitative estimate of drug-likeness (QED) is 0.284.